The molecule has 0 spiro atoms. The molecule has 1 aliphatic heterocycles. The first kappa shape index (κ1) is 15.8. The molecule has 1 aliphatic rings. The number of aromatic nitrogens is 1. The Balaban J connectivity index is 2.23. The van der Waals surface area contributed by atoms with Crippen LogP contribution in [0.25, 0.3) is 0 Å². The van der Waals surface area contributed by atoms with Crippen molar-refractivity contribution < 1.29 is 18.3 Å². The SMILES string of the molecule is Cc1cc(NS(=O)(=O)N2CC(C)CC(C)C2)c(C(=O)O)[nH]1. The van der Waals surface area contributed by atoms with E-state index in [1.165, 1.54) is 10.4 Å². The molecule has 1 saturated heterocycles. The van der Waals surface area contributed by atoms with E-state index in [0.717, 1.165) is 6.42 Å². The normalized spacial score (nSPS) is 24.0. The molecule has 0 bridgehead atoms. The third-order valence-electron chi connectivity index (χ3n) is 3.58. The Kier molecular flexibility index (Phi) is 4.29. The highest BCUT2D eigenvalue weighted by molar-refractivity contribution is 7.90. The van der Waals surface area contributed by atoms with Gasteiger partial charge in [0.1, 0.15) is 5.69 Å². The number of nitrogens with one attached hydrogen (secondary N) is 2. The third kappa shape index (κ3) is 3.56. The van der Waals surface area contributed by atoms with Crippen molar-refractivity contribution in [2.24, 2.45) is 11.8 Å². The number of carboxylic acids is 1. The number of hydrogen-bond acceptors (Lipinski definition) is 3. The second-order valence-electron chi connectivity index (χ2n) is 5.92. The van der Waals surface area contributed by atoms with Gasteiger partial charge in [0, 0.05) is 18.8 Å². The fraction of sp³-hybridized carbons (Fsp3) is 0.615. The van der Waals surface area contributed by atoms with Crippen LogP contribution in [0.2, 0.25) is 0 Å². The van der Waals surface area contributed by atoms with Gasteiger partial charge in [-0.25, -0.2) is 4.79 Å². The number of piperidine rings is 1. The molecule has 3 N–H and O–H groups in total. The minimum Gasteiger partial charge on any atom is -0.477 e. The summed E-state index contributed by atoms with van der Waals surface area (Å²) in [6, 6.07) is 1.48. The highest BCUT2D eigenvalue weighted by atomic mass is 32.2. The minimum absolute atomic E-state index is 0.0749. The Labute approximate surface area is 124 Å². The molecule has 2 heterocycles. The Hall–Kier alpha value is -1.54. The molecule has 7 nitrogen and oxygen atoms in total. The summed E-state index contributed by atoms with van der Waals surface area (Å²) in [5.74, 6) is -0.615. The molecule has 118 valence electrons. The monoisotopic (exact) mass is 315 g/mol. The highest BCUT2D eigenvalue weighted by Gasteiger charge is 2.31. The van der Waals surface area contributed by atoms with Crippen LogP contribution in [0.15, 0.2) is 6.07 Å². The van der Waals surface area contributed by atoms with E-state index in [1.807, 2.05) is 13.8 Å². The van der Waals surface area contributed by atoms with Crippen LogP contribution in [-0.4, -0.2) is 41.9 Å². The lowest BCUT2D eigenvalue weighted by atomic mass is 9.94. The van der Waals surface area contributed by atoms with Crippen molar-refractivity contribution in [3.05, 3.63) is 17.5 Å². The van der Waals surface area contributed by atoms with Crippen LogP contribution in [0.4, 0.5) is 5.69 Å². The quantitative estimate of drug-likeness (QED) is 0.786. The van der Waals surface area contributed by atoms with Gasteiger partial charge >= 0.3 is 16.2 Å². The van der Waals surface area contributed by atoms with Crippen LogP contribution >= 0.6 is 0 Å². The number of rotatable bonds is 4. The molecular formula is C13H21N3O4S. The van der Waals surface area contributed by atoms with E-state index in [4.69, 9.17) is 5.11 Å². The molecular weight excluding hydrogens is 294 g/mol. The van der Waals surface area contributed by atoms with E-state index in [1.54, 1.807) is 6.92 Å². The summed E-state index contributed by atoms with van der Waals surface area (Å²) in [5, 5.41) is 9.09. The van der Waals surface area contributed by atoms with Gasteiger partial charge in [0.15, 0.2) is 0 Å². The number of aromatic amines is 1. The molecule has 0 saturated carbocycles. The number of aromatic carboxylic acids is 1. The fourth-order valence-electron chi connectivity index (χ4n) is 2.84. The second-order valence-corrected chi connectivity index (χ2v) is 7.59. The Morgan fingerprint density at radius 2 is 1.95 bits per heavy atom. The lowest BCUT2D eigenvalue weighted by Crippen LogP contribution is -2.45. The first-order chi connectivity index (χ1) is 9.69. The van der Waals surface area contributed by atoms with Crippen LogP contribution < -0.4 is 4.72 Å². The number of carbonyl (C=O) groups is 1. The van der Waals surface area contributed by atoms with E-state index in [9.17, 15) is 13.2 Å². The minimum atomic E-state index is -3.74. The molecule has 21 heavy (non-hydrogen) atoms. The number of H-pyrrole nitrogens is 1. The summed E-state index contributed by atoms with van der Waals surface area (Å²) in [5.41, 5.74) is 0.519. The van der Waals surface area contributed by atoms with Crippen molar-refractivity contribution >= 4 is 21.9 Å². The largest absolute Gasteiger partial charge is 0.477 e. The molecule has 2 unspecified atom stereocenters. The summed E-state index contributed by atoms with van der Waals surface area (Å²) < 4.78 is 28.7. The van der Waals surface area contributed by atoms with Crippen molar-refractivity contribution in [1.29, 1.82) is 0 Å². The Morgan fingerprint density at radius 1 is 1.38 bits per heavy atom. The Morgan fingerprint density at radius 3 is 2.48 bits per heavy atom. The molecule has 0 aromatic carbocycles. The zero-order chi connectivity index (χ0) is 15.8. The van der Waals surface area contributed by atoms with E-state index in [-0.39, 0.29) is 23.2 Å². The van der Waals surface area contributed by atoms with Crippen LogP contribution in [-0.2, 0) is 10.2 Å². The maximum atomic E-state index is 12.4. The number of carboxylic acid groups (broad SMARTS) is 1. The fourth-order valence-corrected chi connectivity index (χ4v) is 4.31. The zero-order valence-electron chi connectivity index (χ0n) is 12.4. The number of hydrogen-bond donors (Lipinski definition) is 3. The number of nitrogens with zero attached hydrogens (tertiary/aromatic N) is 1. The maximum Gasteiger partial charge on any atom is 0.354 e. The summed E-state index contributed by atoms with van der Waals surface area (Å²) in [7, 11) is -3.74. The van der Waals surface area contributed by atoms with Crippen molar-refractivity contribution in [3.8, 4) is 0 Å². The molecule has 2 atom stereocenters. The predicted octanol–water partition coefficient (Wildman–Crippen LogP) is 1.66. The van der Waals surface area contributed by atoms with Gasteiger partial charge in [-0.1, -0.05) is 13.8 Å². The molecule has 1 aromatic rings. The van der Waals surface area contributed by atoms with E-state index < -0.39 is 16.2 Å². The van der Waals surface area contributed by atoms with Gasteiger partial charge in [0.25, 0.3) is 0 Å². The van der Waals surface area contributed by atoms with Gasteiger partial charge in [-0.15, -0.1) is 0 Å². The first-order valence-electron chi connectivity index (χ1n) is 6.90. The van der Waals surface area contributed by atoms with Crippen LogP contribution in [0.5, 0.6) is 0 Å². The molecule has 0 radical (unpaired) electrons. The molecule has 1 fully saturated rings. The summed E-state index contributed by atoms with van der Waals surface area (Å²) in [6.45, 7) is 6.61. The maximum absolute atomic E-state index is 12.4. The summed E-state index contributed by atoms with van der Waals surface area (Å²) in [6.07, 6.45) is 0.996. The van der Waals surface area contributed by atoms with Crippen LogP contribution in [0.3, 0.4) is 0 Å². The topological polar surface area (TPSA) is 102 Å². The van der Waals surface area contributed by atoms with Gasteiger partial charge in [0.05, 0.1) is 5.69 Å². The van der Waals surface area contributed by atoms with E-state index >= 15 is 0 Å². The van der Waals surface area contributed by atoms with E-state index in [0.29, 0.717) is 18.8 Å². The predicted molar refractivity (Wildman–Crippen MR) is 79.5 cm³/mol. The molecule has 1 aromatic heterocycles. The van der Waals surface area contributed by atoms with Crippen molar-refractivity contribution in [3.63, 3.8) is 0 Å². The second kappa shape index (κ2) is 5.69. The highest BCUT2D eigenvalue weighted by Crippen LogP contribution is 2.25. The average Bonchev–Trinajstić information content (AvgIpc) is 2.68. The lowest BCUT2D eigenvalue weighted by molar-refractivity contribution is 0.0692. The van der Waals surface area contributed by atoms with Gasteiger partial charge in [-0.05, 0) is 31.2 Å². The Bertz CT molecular complexity index is 628. The van der Waals surface area contributed by atoms with Gasteiger partial charge < -0.3 is 10.1 Å². The molecule has 0 aliphatic carbocycles. The van der Waals surface area contributed by atoms with Gasteiger partial charge in [-0.3, -0.25) is 4.72 Å². The average molecular weight is 315 g/mol. The smallest absolute Gasteiger partial charge is 0.354 e. The van der Waals surface area contributed by atoms with Crippen molar-refractivity contribution in [2.45, 2.75) is 27.2 Å². The van der Waals surface area contributed by atoms with Crippen LogP contribution in [0.1, 0.15) is 36.5 Å². The number of aryl methyl sites for hydroxylation is 1. The standard InChI is InChI=1S/C13H21N3O4S/c1-8-4-9(2)7-16(6-8)21(19,20)15-11-5-10(3)14-12(11)13(17)18/h5,8-9,14-15H,4,6-7H2,1-3H3,(H,17,18). The summed E-state index contributed by atoms with van der Waals surface area (Å²) >= 11 is 0. The zero-order valence-corrected chi connectivity index (χ0v) is 13.2. The summed E-state index contributed by atoms with van der Waals surface area (Å²) in [4.78, 5) is 13.8. The van der Waals surface area contributed by atoms with Crippen LogP contribution in [0, 0.1) is 18.8 Å². The lowest BCUT2D eigenvalue weighted by Gasteiger charge is -2.33. The third-order valence-corrected chi connectivity index (χ3v) is 5.04. The van der Waals surface area contributed by atoms with Crippen molar-refractivity contribution in [2.75, 3.05) is 17.8 Å². The van der Waals surface area contributed by atoms with Gasteiger partial charge in [-0.2, -0.15) is 12.7 Å². The number of anilines is 1. The van der Waals surface area contributed by atoms with E-state index in [2.05, 4.69) is 9.71 Å². The molecule has 2 rings (SSSR count). The van der Waals surface area contributed by atoms with Crippen molar-refractivity contribution in [1.82, 2.24) is 9.29 Å². The first-order valence-corrected chi connectivity index (χ1v) is 8.34. The molecule has 8 heteroatoms. The molecule has 0 amide bonds. The van der Waals surface area contributed by atoms with Gasteiger partial charge in [0.2, 0.25) is 0 Å².